The molecule has 0 amide bonds. The van der Waals surface area contributed by atoms with Crippen LogP contribution in [0.3, 0.4) is 0 Å². The van der Waals surface area contributed by atoms with Gasteiger partial charge in [-0.3, -0.25) is 10.1 Å². The molecule has 2 aromatic rings. The Kier molecular flexibility index (Phi) is 4.13. The molecule has 0 unspecified atom stereocenters. The van der Waals surface area contributed by atoms with Gasteiger partial charge in [0.05, 0.1) is 4.92 Å². The summed E-state index contributed by atoms with van der Waals surface area (Å²) in [5, 5.41) is 19.6. The van der Waals surface area contributed by atoms with Gasteiger partial charge in [-0.05, 0) is 17.7 Å². The minimum absolute atomic E-state index is 0.103. The fraction of sp³-hybridized carbons (Fsp3) is 0.0714. The van der Waals surface area contributed by atoms with Crippen molar-refractivity contribution in [2.75, 3.05) is 0 Å². The van der Waals surface area contributed by atoms with E-state index in [1.54, 1.807) is 6.07 Å². The molecule has 0 radical (unpaired) electrons. The second kappa shape index (κ2) is 6.00. The first-order valence-electron chi connectivity index (χ1n) is 5.86. The quantitative estimate of drug-likeness (QED) is 0.675. The van der Waals surface area contributed by atoms with Crippen LogP contribution < -0.4 is 4.74 Å². The summed E-state index contributed by atoms with van der Waals surface area (Å²) < 4.78 is 18.4. The SMILES string of the molecule is O=C(O)c1ccc(F)cc1OCc1cccc([N+](=O)[O-])c1. The summed E-state index contributed by atoms with van der Waals surface area (Å²) in [7, 11) is 0. The van der Waals surface area contributed by atoms with E-state index in [0.717, 1.165) is 18.2 Å². The Morgan fingerprint density at radius 2 is 2.05 bits per heavy atom. The molecule has 0 spiro atoms. The molecular weight excluding hydrogens is 281 g/mol. The lowest BCUT2D eigenvalue weighted by Crippen LogP contribution is -2.04. The van der Waals surface area contributed by atoms with Gasteiger partial charge in [0.2, 0.25) is 0 Å². The molecule has 6 nitrogen and oxygen atoms in total. The molecule has 0 fully saturated rings. The first-order chi connectivity index (χ1) is 9.97. The van der Waals surface area contributed by atoms with E-state index in [-0.39, 0.29) is 23.6 Å². The van der Waals surface area contributed by atoms with Gasteiger partial charge in [0.25, 0.3) is 5.69 Å². The normalized spacial score (nSPS) is 10.1. The number of aromatic carboxylic acids is 1. The summed E-state index contributed by atoms with van der Waals surface area (Å²) in [5.41, 5.74) is 0.195. The highest BCUT2D eigenvalue weighted by atomic mass is 19.1. The van der Waals surface area contributed by atoms with Crippen LogP contribution in [0.2, 0.25) is 0 Å². The number of non-ortho nitro benzene ring substituents is 1. The molecule has 108 valence electrons. The van der Waals surface area contributed by atoms with Crippen LogP contribution in [0.4, 0.5) is 10.1 Å². The number of carboxylic acids is 1. The molecule has 7 heteroatoms. The molecule has 0 bridgehead atoms. The molecule has 1 N–H and O–H groups in total. The second-order valence-electron chi connectivity index (χ2n) is 4.16. The zero-order chi connectivity index (χ0) is 15.4. The minimum atomic E-state index is -1.25. The van der Waals surface area contributed by atoms with E-state index in [2.05, 4.69) is 0 Å². The van der Waals surface area contributed by atoms with Crippen molar-refractivity contribution in [3.05, 3.63) is 69.5 Å². The minimum Gasteiger partial charge on any atom is -0.488 e. The first kappa shape index (κ1) is 14.4. The molecule has 0 aromatic heterocycles. The molecule has 0 saturated heterocycles. The number of ether oxygens (including phenoxy) is 1. The fourth-order valence-electron chi connectivity index (χ4n) is 1.71. The molecule has 0 heterocycles. The molecule has 0 atom stereocenters. The van der Waals surface area contributed by atoms with E-state index in [0.29, 0.717) is 5.56 Å². The van der Waals surface area contributed by atoms with Gasteiger partial charge in [-0.25, -0.2) is 9.18 Å². The largest absolute Gasteiger partial charge is 0.488 e. The topological polar surface area (TPSA) is 89.7 Å². The first-order valence-corrected chi connectivity index (χ1v) is 5.86. The highest BCUT2D eigenvalue weighted by Gasteiger charge is 2.13. The number of rotatable bonds is 5. The van der Waals surface area contributed by atoms with Crippen LogP contribution in [0, 0.1) is 15.9 Å². The number of nitrogens with zero attached hydrogens (tertiary/aromatic N) is 1. The molecule has 2 rings (SSSR count). The Bertz CT molecular complexity index is 702. The number of hydrogen-bond acceptors (Lipinski definition) is 4. The summed E-state index contributed by atoms with van der Waals surface area (Å²) in [6.45, 7) is -0.106. The highest BCUT2D eigenvalue weighted by Crippen LogP contribution is 2.22. The maximum atomic E-state index is 13.1. The Morgan fingerprint density at radius 1 is 1.29 bits per heavy atom. The van der Waals surface area contributed by atoms with Gasteiger partial charge in [-0.2, -0.15) is 0 Å². The van der Waals surface area contributed by atoms with Gasteiger partial charge in [-0.15, -0.1) is 0 Å². The Morgan fingerprint density at radius 3 is 2.71 bits per heavy atom. The zero-order valence-corrected chi connectivity index (χ0v) is 10.7. The number of benzene rings is 2. The van der Waals surface area contributed by atoms with Gasteiger partial charge in [-0.1, -0.05) is 12.1 Å². The summed E-state index contributed by atoms with van der Waals surface area (Å²) in [6.07, 6.45) is 0. The Labute approximate surface area is 118 Å². The van der Waals surface area contributed by atoms with Crippen LogP contribution in [0.25, 0.3) is 0 Å². The van der Waals surface area contributed by atoms with Gasteiger partial charge >= 0.3 is 5.97 Å². The van der Waals surface area contributed by atoms with Gasteiger partial charge in [0.1, 0.15) is 23.7 Å². The zero-order valence-electron chi connectivity index (χ0n) is 10.7. The standard InChI is InChI=1S/C14H10FNO5/c15-10-4-5-12(14(17)18)13(7-10)21-8-9-2-1-3-11(6-9)16(19)20/h1-7H,8H2,(H,17,18). The van der Waals surface area contributed by atoms with E-state index in [1.807, 2.05) is 0 Å². The van der Waals surface area contributed by atoms with Crippen LogP contribution in [-0.4, -0.2) is 16.0 Å². The Hall–Kier alpha value is -2.96. The van der Waals surface area contributed by atoms with Crippen molar-refractivity contribution in [3.63, 3.8) is 0 Å². The number of nitro benzene ring substituents is 1. The van der Waals surface area contributed by atoms with E-state index in [4.69, 9.17) is 9.84 Å². The van der Waals surface area contributed by atoms with E-state index >= 15 is 0 Å². The van der Waals surface area contributed by atoms with Crippen LogP contribution in [0.5, 0.6) is 5.75 Å². The second-order valence-corrected chi connectivity index (χ2v) is 4.16. The van der Waals surface area contributed by atoms with Crippen molar-refractivity contribution >= 4 is 11.7 Å². The van der Waals surface area contributed by atoms with Crippen LogP contribution in [-0.2, 0) is 6.61 Å². The van der Waals surface area contributed by atoms with Crippen molar-refractivity contribution in [2.45, 2.75) is 6.61 Å². The Balaban J connectivity index is 2.20. The number of halogens is 1. The van der Waals surface area contributed by atoms with E-state index < -0.39 is 16.7 Å². The summed E-state index contributed by atoms with van der Waals surface area (Å²) in [5.74, 6) is -2.01. The maximum absolute atomic E-state index is 13.1. The lowest BCUT2D eigenvalue weighted by Gasteiger charge is -2.09. The van der Waals surface area contributed by atoms with Crippen molar-refractivity contribution in [2.24, 2.45) is 0 Å². The van der Waals surface area contributed by atoms with Crippen molar-refractivity contribution in [1.29, 1.82) is 0 Å². The molecule has 21 heavy (non-hydrogen) atoms. The lowest BCUT2D eigenvalue weighted by atomic mass is 10.2. The smallest absolute Gasteiger partial charge is 0.339 e. The van der Waals surface area contributed by atoms with Crippen molar-refractivity contribution in [3.8, 4) is 5.75 Å². The highest BCUT2D eigenvalue weighted by molar-refractivity contribution is 5.90. The van der Waals surface area contributed by atoms with Crippen LogP contribution in [0.15, 0.2) is 42.5 Å². The summed E-state index contributed by atoms with van der Waals surface area (Å²) >= 11 is 0. The number of carboxylic acid groups (broad SMARTS) is 1. The average molecular weight is 291 g/mol. The van der Waals surface area contributed by atoms with Crippen LogP contribution in [0.1, 0.15) is 15.9 Å². The third-order valence-corrected chi connectivity index (χ3v) is 2.69. The fourth-order valence-corrected chi connectivity index (χ4v) is 1.71. The van der Waals surface area contributed by atoms with Crippen molar-refractivity contribution < 1.29 is 24.0 Å². The molecule has 0 aliphatic carbocycles. The average Bonchev–Trinajstić information content (AvgIpc) is 2.45. The van der Waals surface area contributed by atoms with E-state index in [1.165, 1.54) is 18.2 Å². The molecular formula is C14H10FNO5. The predicted octanol–water partition coefficient (Wildman–Crippen LogP) is 3.01. The summed E-state index contributed by atoms with van der Waals surface area (Å²) in [6, 6.07) is 8.78. The van der Waals surface area contributed by atoms with Crippen LogP contribution >= 0.6 is 0 Å². The van der Waals surface area contributed by atoms with Gasteiger partial charge in [0, 0.05) is 18.2 Å². The number of carbonyl (C=O) groups is 1. The number of hydrogen-bond donors (Lipinski definition) is 1. The van der Waals surface area contributed by atoms with Crippen molar-refractivity contribution in [1.82, 2.24) is 0 Å². The number of nitro groups is 1. The molecule has 0 aliphatic heterocycles. The molecule has 0 aliphatic rings. The van der Waals surface area contributed by atoms with Gasteiger partial charge in [0.15, 0.2) is 0 Å². The van der Waals surface area contributed by atoms with E-state index in [9.17, 15) is 19.3 Å². The summed E-state index contributed by atoms with van der Waals surface area (Å²) in [4.78, 5) is 21.1. The third-order valence-electron chi connectivity index (χ3n) is 2.69. The lowest BCUT2D eigenvalue weighted by molar-refractivity contribution is -0.384. The monoisotopic (exact) mass is 291 g/mol. The molecule has 0 saturated carbocycles. The maximum Gasteiger partial charge on any atom is 0.339 e. The predicted molar refractivity (Wildman–Crippen MR) is 70.8 cm³/mol. The third kappa shape index (κ3) is 3.53. The molecule has 2 aromatic carbocycles. The van der Waals surface area contributed by atoms with Gasteiger partial charge < -0.3 is 9.84 Å².